The monoisotopic (exact) mass is 152 g/mol. The molecular formula is C9H12O2. The topological polar surface area (TPSA) is 26.3 Å². The Morgan fingerprint density at radius 3 is 3.18 bits per heavy atom. The first-order chi connectivity index (χ1) is 5.38. The average molecular weight is 152 g/mol. The van der Waals surface area contributed by atoms with Crippen molar-refractivity contribution in [3.05, 3.63) is 12.2 Å². The smallest absolute Gasteiger partial charge is 0.309 e. The first-order valence-corrected chi connectivity index (χ1v) is 4.21. The van der Waals surface area contributed by atoms with Crippen LogP contribution in [0.2, 0.25) is 0 Å². The molecule has 2 rings (SSSR count). The van der Waals surface area contributed by atoms with E-state index in [4.69, 9.17) is 4.74 Å². The van der Waals surface area contributed by atoms with Crippen molar-refractivity contribution in [1.29, 1.82) is 0 Å². The van der Waals surface area contributed by atoms with Gasteiger partial charge in [0.2, 0.25) is 0 Å². The van der Waals surface area contributed by atoms with E-state index in [1.165, 1.54) is 0 Å². The van der Waals surface area contributed by atoms with Gasteiger partial charge in [-0.3, -0.25) is 4.79 Å². The number of allylic oxidation sites excluding steroid dienone is 2. The molecule has 0 aromatic rings. The molecule has 0 aromatic carbocycles. The highest BCUT2D eigenvalue weighted by molar-refractivity contribution is 5.74. The maximum atomic E-state index is 11.2. The van der Waals surface area contributed by atoms with Crippen molar-refractivity contribution in [1.82, 2.24) is 0 Å². The van der Waals surface area contributed by atoms with Crippen molar-refractivity contribution in [2.24, 2.45) is 11.8 Å². The zero-order valence-corrected chi connectivity index (χ0v) is 6.45. The number of carbonyl (C=O) groups is 1. The van der Waals surface area contributed by atoms with E-state index >= 15 is 0 Å². The van der Waals surface area contributed by atoms with Crippen LogP contribution in [0.25, 0.3) is 0 Å². The zero-order chi connectivity index (χ0) is 7.68. The fourth-order valence-corrected chi connectivity index (χ4v) is 1.89. The summed E-state index contributed by atoms with van der Waals surface area (Å²) in [6.45, 7) is 0.615. The van der Waals surface area contributed by atoms with E-state index in [9.17, 15) is 4.79 Å². The predicted octanol–water partition coefficient (Wildman–Crippen LogP) is 1.52. The Balaban J connectivity index is 2.15. The summed E-state index contributed by atoms with van der Waals surface area (Å²) in [4.78, 5) is 11.2. The van der Waals surface area contributed by atoms with Gasteiger partial charge in [0.05, 0.1) is 12.5 Å². The minimum atomic E-state index is 0.0191. The first kappa shape index (κ1) is 6.89. The number of cyclic esters (lactones) is 1. The normalized spacial score (nSPS) is 36.2. The third-order valence-electron chi connectivity index (χ3n) is 2.54. The molecule has 1 heterocycles. The molecule has 2 nitrogen and oxygen atoms in total. The highest BCUT2D eigenvalue weighted by Crippen LogP contribution is 2.31. The zero-order valence-electron chi connectivity index (χ0n) is 6.45. The molecule has 2 heteroatoms. The van der Waals surface area contributed by atoms with E-state index in [1.54, 1.807) is 0 Å². The summed E-state index contributed by atoms with van der Waals surface area (Å²) in [6, 6.07) is 0. The van der Waals surface area contributed by atoms with Crippen LogP contribution in [0.3, 0.4) is 0 Å². The van der Waals surface area contributed by atoms with E-state index in [0.29, 0.717) is 12.5 Å². The number of carbonyl (C=O) groups excluding carboxylic acids is 1. The quantitative estimate of drug-likeness (QED) is 0.388. The number of hydrogen-bond acceptors (Lipinski definition) is 2. The lowest BCUT2D eigenvalue weighted by atomic mass is 9.81. The lowest BCUT2D eigenvalue weighted by Crippen LogP contribution is -2.32. The molecule has 2 aliphatic rings. The number of ether oxygens (including phenoxy) is 1. The van der Waals surface area contributed by atoms with Crippen molar-refractivity contribution in [2.75, 3.05) is 6.61 Å². The third kappa shape index (κ3) is 1.17. The molecule has 0 bridgehead atoms. The molecule has 0 saturated carbocycles. The molecule has 0 N–H and O–H groups in total. The van der Waals surface area contributed by atoms with Crippen LogP contribution in [0, 0.1) is 11.8 Å². The van der Waals surface area contributed by atoms with E-state index in [1.807, 2.05) is 0 Å². The Bertz CT molecular complexity index is 196. The molecule has 0 aromatic heterocycles. The van der Waals surface area contributed by atoms with Gasteiger partial charge in [0.15, 0.2) is 0 Å². The summed E-state index contributed by atoms with van der Waals surface area (Å²) >= 11 is 0. The highest BCUT2D eigenvalue weighted by atomic mass is 16.5. The number of hydrogen-bond donors (Lipinski definition) is 0. The molecule has 0 spiro atoms. The molecule has 11 heavy (non-hydrogen) atoms. The van der Waals surface area contributed by atoms with Gasteiger partial charge in [0.25, 0.3) is 0 Å². The van der Waals surface area contributed by atoms with Crippen LogP contribution in [0.1, 0.15) is 19.3 Å². The average Bonchev–Trinajstić information content (AvgIpc) is 2.06. The minimum Gasteiger partial charge on any atom is -0.465 e. The SMILES string of the molecule is O=C1OCC[C@@H]2C=CCC[C@@H]12. The highest BCUT2D eigenvalue weighted by Gasteiger charge is 2.32. The summed E-state index contributed by atoms with van der Waals surface area (Å²) in [5, 5.41) is 0. The van der Waals surface area contributed by atoms with Gasteiger partial charge in [0.1, 0.15) is 0 Å². The molecule has 0 amide bonds. The van der Waals surface area contributed by atoms with Crippen molar-refractivity contribution < 1.29 is 9.53 Å². The number of fused-ring (bicyclic) bond motifs is 1. The van der Waals surface area contributed by atoms with Gasteiger partial charge < -0.3 is 4.74 Å². The van der Waals surface area contributed by atoms with E-state index in [-0.39, 0.29) is 11.9 Å². The van der Waals surface area contributed by atoms with Gasteiger partial charge in [-0.2, -0.15) is 0 Å². The van der Waals surface area contributed by atoms with Crippen molar-refractivity contribution in [3.8, 4) is 0 Å². The van der Waals surface area contributed by atoms with Crippen LogP contribution in [-0.2, 0) is 9.53 Å². The van der Waals surface area contributed by atoms with E-state index < -0.39 is 0 Å². The standard InChI is InChI=1S/C9H12O2/c10-9-8-4-2-1-3-7(8)5-6-11-9/h1,3,7-8H,2,4-6H2/t7-,8+/m0/s1. The molecule has 0 unspecified atom stereocenters. The summed E-state index contributed by atoms with van der Waals surface area (Å²) in [6.07, 6.45) is 7.40. The van der Waals surface area contributed by atoms with Gasteiger partial charge in [-0.05, 0) is 25.2 Å². The fraction of sp³-hybridized carbons (Fsp3) is 0.667. The second-order valence-electron chi connectivity index (χ2n) is 3.23. The fourth-order valence-electron chi connectivity index (χ4n) is 1.89. The van der Waals surface area contributed by atoms with Crippen LogP contribution in [0.4, 0.5) is 0 Å². The van der Waals surface area contributed by atoms with E-state index in [2.05, 4.69) is 12.2 Å². The van der Waals surface area contributed by atoms with E-state index in [0.717, 1.165) is 19.3 Å². The second-order valence-corrected chi connectivity index (χ2v) is 3.23. The van der Waals surface area contributed by atoms with Crippen LogP contribution >= 0.6 is 0 Å². The van der Waals surface area contributed by atoms with Gasteiger partial charge in [-0.1, -0.05) is 12.2 Å². The summed E-state index contributed by atoms with van der Waals surface area (Å²) < 4.78 is 4.97. The largest absolute Gasteiger partial charge is 0.465 e. The Labute approximate surface area is 66.2 Å². The lowest BCUT2D eigenvalue weighted by molar-refractivity contribution is -0.155. The van der Waals surface area contributed by atoms with Gasteiger partial charge >= 0.3 is 5.97 Å². The minimum absolute atomic E-state index is 0.0191. The molecule has 1 aliphatic carbocycles. The number of rotatable bonds is 0. The molecule has 1 saturated heterocycles. The Hall–Kier alpha value is -0.790. The molecule has 0 radical (unpaired) electrons. The van der Waals surface area contributed by atoms with Crippen LogP contribution in [0.15, 0.2) is 12.2 Å². The predicted molar refractivity (Wildman–Crippen MR) is 40.9 cm³/mol. The maximum absolute atomic E-state index is 11.2. The maximum Gasteiger partial charge on any atom is 0.309 e. The Kier molecular flexibility index (Phi) is 1.68. The summed E-state index contributed by atoms with van der Waals surface area (Å²) in [5.74, 6) is 0.671. The molecule has 1 fully saturated rings. The third-order valence-corrected chi connectivity index (χ3v) is 2.54. The molecule has 60 valence electrons. The molecular weight excluding hydrogens is 140 g/mol. The van der Waals surface area contributed by atoms with Gasteiger partial charge in [0, 0.05) is 0 Å². The molecule has 2 atom stereocenters. The van der Waals surface area contributed by atoms with Crippen molar-refractivity contribution in [3.63, 3.8) is 0 Å². The van der Waals surface area contributed by atoms with Crippen LogP contribution in [0.5, 0.6) is 0 Å². The summed E-state index contributed by atoms with van der Waals surface area (Å²) in [7, 11) is 0. The Morgan fingerprint density at radius 2 is 2.36 bits per heavy atom. The van der Waals surface area contributed by atoms with Crippen LogP contribution in [-0.4, -0.2) is 12.6 Å². The number of esters is 1. The van der Waals surface area contributed by atoms with Crippen molar-refractivity contribution >= 4 is 5.97 Å². The van der Waals surface area contributed by atoms with Gasteiger partial charge in [-0.25, -0.2) is 0 Å². The second kappa shape index (κ2) is 2.68. The summed E-state index contributed by atoms with van der Waals surface area (Å²) in [5.41, 5.74) is 0. The lowest BCUT2D eigenvalue weighted by Gasteiger charge is -2.30. The molecule has 1 aliphatic heterocycles. The van der Waals surface area contributed by atoms with Gasteiger partial charge in [-0.15, -0.1) is 0 Å². The van der Waals surface area contributed by atoms with Crippen molar-refractivity contribution in [2.45, 2.75) is 19.3 Å². The van der Waals surface area contributed by atoms with Crippen LogP contribution < -0.4 is 0 Å². The first-order valence-electron chi connectivity index (χ1n) is 4.21. The Morgan fingerprint density at radius 1 is 1.45 bits per heavy atom.